The maximum atomic E-state index is 2.51. The van der Waals surface area contributed by atoms with Crippen molar-refractivity contribution in [3.8, 4) is 22.3 Å². The molecule has 0 N–H and O–H groups in total. The van der Waals surface area contributed by atoms with Gasteiger partial charge in [-0.25, -0.2) is 0 Å². The average molecular weight is 1010 g/mol. The summed E-state index contributed by atoms with van der Waals surface area (Å²) in [6, 6.07) is 85.2. The highest BCUT2D eigenvalue weighted by Gasteiger charge is 2.45. The van der Waals surface area contributed by atoms with Crippen molar-refractivity contribution in [3.63, 3.8) is 0 Å². The predicted molar refractivity (Wildman–Crippen MR) is 339 cm³/mol. The molecule has 0 unspecified atom stereocenters. The third-order valence-electron chi connectivity index (χ3n) is 17.1. The number of rotatable bonds is 6. The Hall–Kier alpha value is -9.25. The van der Waals surface area contributed by atoms with Crippen molar-refractivity contribution in [2.75, 3.05) is 19.6 Å². The van der Waals surface area contributed by atoms with Gasteiger partial charge in [0.1, 0.15) is 0 Å². The van der Waals surface area contributed by atoms with Crippen LogP contribution in [0.4, 0.5) is 68.2 Å². The largest absolute Gasteiger partial charge is 0.311 e. The molecule has 0 bridgehead atoms. The van der Waals surface area contributed by atoms with Crippen molar-refractivity contribution < 1.29 is 0 Å². The van der Waals surface area contributed by atoms with E-state index in [0.29, 0.717) is 0 Å². The van der Waals surface area contributed by atoms with Crippen molar-refractivity contribution in [3.05, 3.63) is 263 Å². The second-order valence-electron chi connectivity index (χ2n) is 22.7. The number of aryl methyl sites for hydroxylation is 7. The molecule has 11 aromatic carbocycles. The van der Waals surface area contributed by atoms with Gasteiger partial charge in [0.15, 0.2) is 0 Å². The van der Waals surface area contributed by atoms with Crippen LogP contribution in [0, 0.1) is 48.5 Å². The van der Waals surface area contributed by atoms with Gasteiger partial charge in [-0.3, -0.25) is 0 Å². The van der Waals surface area contributed by atoms with E-state index in [1.54, 1.807) is 0 Å². The molecular formula is C73H58B2N4. The Kier molecular flexibility index (Phi) is 10.7. The zero-order valence-corrected chi connectivity index (χ0v) is 45.8. The van der Waals surface area contributed by atoms with Gasteiger partial charge in [0.2, 0.25) is 0 Å². The van der Waals surface area contributed by atoms with E-state index in [1.165, 1.54) is 151 Å². The highest BCUT2D eigenvalue weighted by molar-refractivity contribution is 7.01. The lowest BCUT2D eigenvalue weighted by atomic mass is 9.33. The first-order valence-corrected chi connectivity index (χ1v) is 27.9. The van der Waals surface area contributed by atoms with Crippen molar-refractivity contribution in [1.82, 2.24) is 0 Å². The molecule has 4 heterocycles. The summed E-state index contributed by atoms with van der Waals surface area (Å²) in [6.45, 7) is 15.7. The Morgan fingerprint density at radius 3 is 0.886 bits per heavy atom. The van der Waals surface area contributed by atoms with Crippen LogP contribution < -0.4 is 52.4 Å². The first-order chi connectivity index (χ1) is 38.5. The van der Waals surface area contributed by atoms with Gasteiger partial charge in [-0.05, 0) is 223 Å². The molecule has 11 aromatic rings. The maximum Gasteiger partial charge on any atom is 0.252 e. The van der Waals surface area contributed by atoms with Crippen molar-refractivity contribution in [2.45, 2.75) is 48.5 Å². The van der Waals surface area contributed by atoms with Crippen LogP contribution in [0.25, 0.3) is 22.3 Å². The lowest BCUT2D eigenvalue weighted by molar-refractivity contribution is 1.23. The third kappa shape index (κ3) is 7.45. The number of para-hydroxylation sites is 2. The molecule has 376 valence electrons. The summed E-state index contributed by atoms with van der Waals surface area (Å²) < 4.78 is 0. The SMILES string of the molecule is Cc1ccc(N2c3ccc(C)cc3B3c4ccccc4N(c4ccc(-c5cc(C)cc(-c6ccc(N7c8ccccc8B8c9cc(C)ccc9N(c9ccc(C)cc9)c9cc(C)cc7c98)cc6)c5)cc4)c4cc(C)cc2c43)cc1. The number of hydrogen-bond donors (Lipinski definition) is 0. The number of benzene rings is 11. The van der Waals surface area contributed by atoms with Crippen LogP contribution in [0.5, 0.6) is 0 Å². The molecule has 0 saturated carbocycles. The lowest BCUT2D eigenvalue weighted by Crippen LogP contribution is -2.61. The molecule has 4 nitrogen and oxygen atoms in total. The fourth-order valence-corrected chi connectivity index (χ4v) is 13.6. The Bertz CT molecular complexity index is 4020. The molecule has 4 aliphatic heterocycles. The molecule has 0 spiro atoms. The van der Waals surface area contributed by atoms with Gasteiger partial charge in [0.25, 0.3) is 13.4 Å². The molecule has 0 aliphatic carbocycles. The summed E-state index contributed by atoms with van der Waals surface area (Å²) in [5, 5.41) is 0. The standard InChI is InChI=1S/C73H58B2N4/c1-45-16-26-56(27-17-45)78-66-34-20-47(3)38-62(66)74-60-12-8-10-14-64(60)76(68-40-50(6)42-70(78)72(68)74)58-30-22-52(23-31-58)54-36-49(5)37-55(44-54)53-24-32-59(33-25-53)77-65-15-11-9-13-61(65)75-63-39-48(4)21-35-67(63)79(57-28-18-46(2)19-29-57)71-43-51(7)41-69(77)73(71)75/h8-44H,1-7H3. The van der Waals surface area contributed by atoms with E-state index in [2.05, 4.69) is 293 Å². The molecule has 15 rings (SSSR count). The van der Waals surface area contributed by atoms with Crippen LogP contribution in [-0.4, -0.2) is 13.4 Å². The zero-order chi connectivity index (χ0) is 53.4. The average Bonchev–Trinajstić information content (AvgIpc) is 3.65. The topological polar surface area (TPSA) is 13.0 Å². The Balaban J connectivity index is 0.791. The third-order valence-corrected chi connectivity index (χ3v) is 17.1. The molecule has 0 radical (unpaired) electrons. The summed E-state index contributed by atoms with van der Waals surface area (Å²) in [5.74, 6) is 0. The van der Waals surface area contributed by atoms with Crippen LogP contribution in [0.15, 0.2) is 224 Å². The van der Waals surface area contributed by atoms with Gasteiger partial charge in [-0.1, -0.05) is 144 Å². The fraction of sp³-hybridized carbons (Fsp3) is 0.0959. The molecule has 0 aromatic heterocycles. The van der Waals surface area contributed by atoms with E-state index in [0.717, 1.165) is 11.4 Å². The van der Waals surface area contributed by atoms with Crippen molar-refractivity contribution >= 4 is 114 Å². The van der Waals surface area contributed by atoms with Gasteiger partial charge in [0.05, 0.1) is 0 Å². The van der Waals surface area contributed by atoms with Gasteiger partial charge < -0.3 is 19.6 Å². The summed E-state index contributed by atoms with van der Waals surface area (Å²) >= 11 is 0. The Labute approximate surface area is 465 Å². The quantitative estimate of drug-likeness (QED) is 0.154. The minimum Gasteiger partial charge on any atom is -0.311 e. The normalized spacial score (nSPS) is 13.4. The van der Waals surface area contributed by atoms with Gasteiger partial charge in [0, 0.05) is 68.2 Å². The molecule has 4 aliphatic rings. The summed E-state index contributed by atoms with van der Waals surface area (Å²) in [5.41, 5.74) is 36.1. The minimum atomic E-state index is 0.0995. The second-order valence-corrected chi connectivity index (χ2v) is 22.7. The maximum absolute atomic E-state index is 2.51. The molecule has 0 saturated heterocycles. The smallest absolute Gasteiger partial charge is 0.252 e. The molecule has 0 amide bonds. The number of nitrogens with zero attached hydrogens (tertiary/aromatic N) is 4. The van der Waals surface area contributed by atoms with Crippen LogP contribution in [0.1, 0.15) is 38.9 Å². The van der Waals surface area contributed by atoms with Crippen LogP contribution in [0.3, 0.4) is 0 Å². The van der Waals surface area contributed by atoms with Crippen LogP contribution in [-0.2, 0) is 0 Å². The zero-order valence-electron chi connectivity index (χ0n) is 45.8. The number of fused-ring (bicyclic) bond motifs is 8. The van der Waals surface area contributed by atoms with Gasteiger partial charge in [-0.15, -0.1) is 0 Å². The number of hydrogen-bond acceptors (Lipinski definition) is 4. The van der Waals surface area contributed by atoms with Crippen molar-refractivity contribution in [1.29, 1.82) is 0 Å². The van der Waals surface area contributed by atoms with Crippen LogP contribution in [0.2, 0.25) is 0 Å². The fourth-order valence-electron chi connectivity index (χ4n) is 13.6. The second kappa shape index (κ2) is 17.9. The lowest BCUT2D eigenvalue weighted by Gasteiger charge is -2.44. The molecule has 79 heavy (non-hydrogen) atoms. The van der Waals surface area contributed by atoms with E-state index < -0.39 is 0 Å². The first-order valence-electron chi connectivity index (χ1n) is 27.9. The van der Waals surface area contributed by atoms with Gasteiger partial charge in [-0.2, -0.15) is 0 Å². The van der Waals surface area contributed by atoms with Crippen molar-refractivity contribution in [2.24, 2.45) is 0 Å². The van der Waals surface area contributed by atoms with E-state index >= 15 is 0 Å². The monoisotopic (exact) mass is 1010 g/mol. The predicted octanol–water partition coefficient (Wildman–Crippen LogP) is 15.3. The van der Waals surface area contributed by atoms with Crippen LogP contribution >= 0.6 is 0 Å². The first kappa shape index (κ1) is 47.0. The summed E-state index contributed by atoms with van der Waals surface area (Å²) in [7, 11) is 0. The molecular weight excluding hydrogens is 954 g/mol. The van der Waals surface area contributed by atoms with Gasteiger partial charge >= 0.3 is 0 Å². The number of anilines is 12. The molecule has 6 heteroatoms. The molecule has 0 fully saturated rings. The van der Waals surface area contributed by atoms with E-state index in [9.17, 15) is 0 Å². The Morgan fingerprint density at radius 1 is 0.215 bits per heavy atom. The van der Waals surface area contributed by atoms with E-state index in [1.807, 2.05) is 0 Å². The van der Waals surface area contributed by atoms with E-state index in [-0.39, 0.29) is 13.4 Å². The Morgan fingerprint density at radius 2 is 0.519 bits per heavy atom. The summed E-state index contributed by atoms with van der Waals surface area (Å²) in [4.78, 5) is 10.00. The highest BCUT2D eigenvalue weighted by atomic mass is 15.2. The minimum absolute atomic E-state index is 0.0995. The molecule has 0 atom stereocenters. The van der Waals surface area contributed by atoms with E-state index in [4.69, 9.17) is 0 Å². The highest BCUT2D eigenvalue weighted by Crippen LogP contribution is 2.47. The summed E-state index contributed by atoms with van der Waals surface area (Å²) in [6.07, 6.45) is 0.